The van der Waals surface area contributed by atoms with E-state index in [0.29, 0.717) is 46.6 Å². The number of hydrogen-bond acceptors (Lipinski definition) is 6. The van der Waals surface area contributed by atoms with Crippen LogP contribution in [-0.2, 0) is 16.0 Å². The maximum Gasteiger partial charge on any atom is 0.305 e. The Labute approximate surface area is 184 Å². The number of carboxylic acids is 1. The van der Waals surface area contributed by atoms with Gasteiger partial charge in [0.2, 0.25) is 5.91 Å². The van der Waals surface area contributed by atoms with Gasteiger partial charge in [0.1, 0.15) is 5.82 Å². The number of nitrogens with zero attached hydrogens (tertiary/aromatic N) is 1. The molecule has 0 saturated heterocycles. The first-order valence-corrected chi connectivity index (χ1v) is 10.1. The second-order valence-corrected chi connectivity index (χ2v) is 7.22. The number of carbonyl (C=O) groups is 2. The molecular weight excluding hydrogens is 414 g/mol. The molecule has 1 atom stereocenters. The fraction of sp³-hybridized carbons (Fsp3) is 0.304. The highest BCUT2D eigenvalue weighted by molar-refractivity contribution is 5.78. The van der Waals surface area contributed by atoms with Crippen LogP contribution in [0.15, 0.2) is 47.3 Å². The third kappa shape index (κ3) is 5.63. The Morgan fingerprint density at radius 1 is 1.12 bits per heavy atom. The normalized spacial score (nSPS) is 11.7. The third-order valence-electron chi connectivity index (χ3n) is 5.00. The van der Waals surface area contributed by atoms with Crippen molar-refractivity contribution in [3.8, 4) is 11.5 Å². The molecule has 168 valence electrons. The zero-order valence-electron chi connectivity index (χ0n) is 17.9. The van der Waals surface area contributed by atoms with Gasteiger partial charge >= 0.3 is 5.97 Å². The first-order chi connectivity index (χ1) is 15.4. The standard InChI is InChI=1S/C23H25N3O6/c1-31-18-11-10-14(12-19(18)32-2)17(13-22(28)29)25-21(27)9-5-8-20-24-16-7-4-3-6-15(16)23(30)26-20/h3-4,6-7,10-12,17H,5,8-9,13H2,1-2H3,(H,25,27)(H,28,29)(H,24,26,30). The van der Waals surface area contributed by atoms with Crippen LogP contribution in [0.4, 0.5) is 0 Å². The average Bonchev–Trinajstić information content (AvgIpc) is 2.78. The minimum Gasteiger partial charge on any atom is -0.493 e. The van der Waals surface area contributed by atoms with E-state index in [4.69, 9.17) is 9.47 Å². The fourth-order valence-corrected chi connectivity index (χ4v) is 3.43. The summed E-state index contributed by atoms with van der Waals surface area (Å²) in [6.07, 6.45) is 0.729. The smallest absolute Gasteiger partial charge is 0.305 e. The maximum atomic E-state index is 12.5. The molecule has 0 spiro atoms. The van der Waals surface area contributed by atoms with Crippen molar-refractivity contribution in [1.29, 1.82) is 0 Å². The van der Waals surface area contributed by atoms with Crippen LogP contribution in [0.3, 0.4) is 0 Å². The van der Waals surface area contributed by atoms with Gasteiger partial charge in [0.25, 0.3) is 5.56 Å². The second-order valence-electron chi connectivity index (χ2n) is 7.22. The van der Waals surface area contributed by atoms with Crippen LogP contribution >= 0.6 is 0 Å². The van der Waals surface area contributed by atoms with Gasteiger partial charge in [-0.1, -0.05) is 18.2 Å². The van der Waals surface area contributed by atoms with Crippen molar-refractivity contribution in [3.63, 3.8) is 0 Å². The molecule has 0 saturated carbocycles. The minimum absolute atomic E-state index is 0.153. The number of aromatic nitrogens is 2. The van der Waals surface area contributed by atoms with Crippen LogP contribution in [0.1, 0.15) is 36.7 Å². The summed E-state index contributed by atoms with van der Waals surface area (Å²) in [5.74, 6) is 0.121. The zero-order chi connectivity index (χ0) is 23.1. The number of methoxy groups -OCH3 is 2. The van der Waals surface area contributed by atoms with Crippen molar-refractivity contribution in [2.45, 2.75) is 31.7 Å². The quantitative estimate of drug-likeness (QED) is 0.442. The molecule has 0 aliphatic heterocycles. The first-order valence-electron chi connectivity index (χ1n) is 10.1. The molecule has 0 aliphatic rings. The molecule has 1 amide bonds. The van der Waals surface area contributed by atoms with Crippen molar-refractivity contribution in [3.05, 3.63) is 64.2 Å². The van der Waals surface area contributed by atoms with Crippen LogP contribution in [-0.4, -0.2) is 41.2 Å². The molecule has 3 aromatic rings. The molecule has 1 unspecified atom stereocenters. The number of fused-ring (bicyclic) bond motifs is 1. The highest BCUT2D eigenvalue weighted by Gasteiger charge is 2.20. The molecule has 32 heavy (non-hydrogen) atoms. The summed E-state index contributed by atoms with van der Waals surface area (Å²) in [5, 5.41) is 12.6. The predicted octanol–water partition coefficient (Wildman–Crippen LogP) is 2.60. The summed E-state index contributed by atoms with van der Waals surface area (Å²) < 4.78 is 10.5. The van der Waals surface area contributed by atoms with Crippen molar-refractivity contribution in [2.75, 3.05) is 14.2 Å². The van der Waals surface area contributed by atoms with Crippen LogP contribution in [0, 0.1) is 0 Å². The summed E-state index contributed by atoms with van der Waals surface area (Å²) in [6.45, 7) is 0. The number of benzene rings is 2. The Morgan fingerprint density at radius 3 is 2.59 bits per heavy atom. The Balaban J connectivity index is 1.64. The van der Waals surface area contributed by atoms with Gasteiger partial charge in [-0.3, -0.25) is 14.4 Å². The highest BCUT2D eigenvalue weighted by atomic mass is 16.5. The molecule has 9 nitrogen and oxygen atoms in total. The Morgan fingerprint density at radius 2 is 1.88 bits per heavy atom. The summed E-state index contributed by atoms with van der Waals surface area (Å²) in [5.41, 5.74) is 0.981. The number of amides is 1. The number of rotatable bonds is 10. The van der Waals surface area contributed by atoms with Crippen LogP contribution in [0.5, 0.6) is 11.5 Å². The summed E-state index contributed by atoms with van der Waals surface area (Å²) in [6, 6.07) is 11.3. The number of aryl methyl sites for hydroxylation is 1. The Bertz CT molecular complexity index is 1170. The average molecular weight is 439 g/mol. The van der Waals surface area contributed by atoms with E-state index in [1.165, 1.54) is 14.2 Å². The number of hydrogen-bond donors (Lipinski definition) is 3. The highest BCUT2D eigenvalue weighted by Crippen LogP contribution is 2.31. The van der Waals surface area contributed by atoms with E-state index in [0.717, 1.165) is 0 Å². The molecule has 0 aliphatic carbocycles. The van der Waals surface area contributed by atoms with E-state index in [-0.39, 0.29) is 24.3 Å². The monoisotopic (exact) mass is 439 g/mol. The number of ether oxygens (including phenoxy) is 2. The summed E-state index contributed by atoms with van der Waals surface area (Å²) >= 11 is 0. The molecule has 3 N–H and O–H groups in total. The lowest BCUT2D eigenvalue weighted by molar-refractivity contribution is -0.137. The molecule has 1 heterocycles. The number of H-pyrrole nitrogens is 1. The number of aromatic amines is 1. The SMILES string of the molecule is COc1ccc(C(CC(=O)O)NC(=O)CCCc2nc3ccccc3c(=O)[nH]2)cc1OC. The largest absolute Gasteiger partial charge is 0.493 e. The van der Waals surface area contributed by atoms with E-state index in [1.807, 2.05) is 6.07 Å². The molecule has 0 radical (unpaired) electrons. The molecule has 0 fully saturated rings. The van der Waals surface area contributed by atoms with E-state index in [9.17, 15) is 19.5 Å². The van der Waals surface area contributed by atoms with Gasteiger partial charge in [0, 0.05) is 12.8 Å². The van der Waals surface area contributed by atoms with Gasteiger partial charge in [0.15, 0.2) is 11.5 Å². The van der Waals surface area contributed by atoms with E-state index >= 15 is 0 Å². The van der Waals surface area contributed by atoms with Gasteiger partial charge < -0.3 is 24.9 Å². The van der Waals surface area contributed by atoms with E-state index in [1.54, 1.807) is 36.4 Å². The third-order valence-corrected chi connectivity index (χ3v) is 5.00. The fourth-order valence-electron chi connectivity index (χ4n) is 3.43. The number of para-hydroxylation sites is 1. The molecular formula is C23H25N3O6. The van der Waals surface area contributed by atoms with E-state index in [2.05, 4.69) is 15.3 Å². The number of carbonyl (C=O) groups excluding carboxylic acids is 1. The molecule has 3 rings (SSSR count). The van der Waals surface area contributed by atoms with Gasteiger partial charge in [-0.05, 0) is 36.2 Å². The Kier molecular flexibility index (Phi) is 7.43. The van der Waals surface area contributed by atoms with Crippen molar-refractivity contribution in [2.24, 2.45) is 0 Å². The number of carboxylic acid groups (broad SMARTS) is 1. The summed E-state index contributed by atoms with van der Waals surface area (Å²) in [4.78, 5) is 43.1. The lowest BCUT2D eigenvalue weighted by atomic mass is 10.0. The van der Waals surface area contributed by atoms with Crippen LogP contribution in [0.25, 0.3) is 10.9 Å². The number of aliphatic carboxylic acids is 1. The van der Waals surface area contributed by atoms with E-state index < -0.39 is 12.0 Å². The van der Waals surface area contributed by atoms with Crippen LogP contribution in [0.2, 0.25) is 0 Å². The van der Waals surface area contributed by atoms with Gasteiger partial charge in [-0.25, -0.2) is 4.98 Å². The molecule has 0 bridgehead atoms. The summed E-state index contributed by atoms with van der Waals surface area (Å²) in [7, 11) is 2.99. The van der Waals surface area contributed by atoms with Gasteiger partial charge in [0.05, 0.1) is 37.6 Å². The topological polar surface area (TPSA) is 131 Å². The lowest BCUT2D eigenvalue weighted by Gasteiger charge is -2.19. The van der Waals surface area contributed by atoms with Crippen molar-refractivity contribution < 1.29 is 24.2 Å². The maximum absolute atomic E-state index is 12.5. The van der Waals surface area contributed by atoms with Crippen LogP contribution < -0.4 is 20.3 Å². The lowest BCUT2D eigenvalue weighted by Crippen LogP contribution is -2.30. The van der Waals surface area contributed by atoms with Gasteiger partial charge in [-0.15, -0.1) is 0 Å². The Hall–Kier alpha value is -3.88. The van der Waals surface area contributed by atoms with Crippen molar-refractivity contribution >= 4 is 22.8 Å². The van der Waals surface area contributed by atoms with Gasteiger partial charge in [-0.2, -0.15) is 0 Å². The predicted molar refractivity (Wildman–Crippen MR) is 118 cm³/mol. The second kappa shape index (κ2) is 10.4. The van der Waals surface area contributed by atoms with Crippen molar-refractivity contribution in [1.82, 2.24) is 15.3 Å². The minimum atomic E-state index is -1.04. The zero-order valence-corrected chi connectivity index (χ0v) is 17.9. The first kappa shape index (κ1) is 22.8. The molecule has 2 aromatic carbocycles. The molecule has 9 heteroatoms. The molecule has 1 aromatic heterocycles. The number of nitrogens with one attached hydrogen (secondary N) is 2.